The lowest BCUT2D eigenvalue weighted by Gasteiger charge is -2.39. The molecule has 1 aliphatic rings. The number of piperidine rings is 1. The molecule has 0 saturated carbocycles. The minimum atomic E-state index is 0.143. The van der Waals surface area contributed by atoms with E-state index in [-0.39, 0.29) is 12.5 Å². The van der Waals surface area contributed by atoms with Gasteiger partial charge < -0.3 is 10.2 Å². The van der Waals surface area contributed by atoms with E-state index < -0.39 is 0 Å². The first-order valence-corrected chi connectivity index (χ1v) is 7.52. The molecule has 0 radical (unpaired) electrons. The summed E-state index contributed by atoms with van der Waals surface area (Å²) in [6.07, 6.45) is 5.25. The Morgan fingerprint density at radius 2 is 2.10 bits per heavy atom. The van der Waals surface area contributed by atoms with Crippen LogP contribution >= 0.6 is 0 Å². The lowest BCUT2D eigenvalue weighted by molar-refractivity contribution is -0.138. The summed E-state index contributed by atoms with van der Waals surface area (Å²) in [5, 5.41) is 11.3. The van der Waals surface area contributed by atoms with Crippen molar-refractivity contribution in [2.45, 2.75) is 65.2 Å². The Hall–Kier alpha value is -1.43. The molecule has 0 aromatic carbocycles. The highest BCUT2D eigenvalue weighted by Crippen LogP contribution is 2.22. The summed E-state index contributed by atoms with van der Waals surface area (Å²) in [7, 11) is 0. The maximum absolute atomic E-state index is 12.4. The van der Waals surface area contributed by atoms with Crippen molar-refractivity contribution in [1.29, 1.82) is 0 Å². The van der Waals surface area contributed by atoms with Crippen molar-refractivity contribution in [2.24, 2.45) is 0 Å². The molecule has 1 fully saturated rings. The molecule has 6 heteroatoms. The lowest BCUT2D eigenvalue weighted by Crippen LogP contribution is -2.48. The molecular weight excluding hydrogens is 254 g/mol. The highest BCUT2D eigenvalue weighted by atomic mass is 16.2. The van der Waals surface area contributed by atoms with Gasteiger partial charge in [0.25, 0.3) is 0 Å². The number of likely N-dealkylation sites (tertiary alicyclic amines) is 1. The minimum Gasteiger partial charge on any atom is -0.336 e. The zero-order valence-electron chi connectivity index (χ0n) is 12.7. The predicted molar refractivity (Wildman–Crippen MR) is 77.0 cm³/mol. The average molecular weight is 279 g/mol. The molecule has 1 aromatic heterocycles. The third-order valence-corrected chi connectivity index (χ3v) is 3.92. The fraction of sp³-hybridized carbons (Fsp3) is 0.786. The van der Waals surface area contributed by atoms with Crippen LogP contribution < -0.4 is 5.32 Å². The Morgan fingerprint density at radius 3 is 2.75 bits per heavy atom. The van der Waals surface area contributed by atoms with Gasteiger partial charge in [-0.2, -0.15) is 0 Å². The molecule has 0 bridgehead atoms. The Balaban J connectivity index is 1.94. The monoisotopic (exact) mass is 279 g/mol. The van der Waals surface area contributed by atoms with Gasteiger partial charge in [0.2, 0.25) is 5.91 Å². The number of carbonyl (C=O) groups is 1. The zero-order chi connectivity index (χ0) is 14.5. The maximum Gasteiger partial charge on any atom is 0.244 e. The summed E-state index contributed by atoms with van der Waals surface area (Å²) in [5.74, 6) is 0.143. The first-order valence-electron chi connectivity index (χ1n) is 7.52. The number of carbonyl (C=O) groups excluding carboxylic acids is 1. The molecule has 1 saturated heterocycles. The van der Waals surface area contributed by atoms with E-state index in [1.165, 1.54) is 6.42 Å². The topological polar surface area (TPSA) is 63.1 Å². The number of hydrogen-bond donors (Lipinski definition) is 1. The molecule has 0 aliphatic carbocycles. The molecule has 2 unspecified atom stereocenters. The van der Waals surface area contributed by atoms with Gasteiger partial charge in [-0.3, -0.25) is 4.79 Å². The first-order chi connectivity index (χ1) is 9.61. The lowest BCUT2D eigenvalue weighted by atomic mass is 9.97. The van der Waals surface area contributed by atoms with E-state index in [9.17, 15) is 4.79 Å². The summed E-state index contributed by atoms with van der Waals surface area (Å²) >= 11 is 0. The first kappa shape index (κ1) is 15.0. The molecule has 2 rings (SSSR count). The average Bonchev–Trinajstić information content (AvgIpc) is 2.83. The number of nitrogens with zero attached hydrogens (tertiary/aromatic N) is 4. The van der Waals surface area contributed by atoms with Gasteiger partial charge in [0.1, 0.15) is 6.54 Å². The highest BCUT2D eigenvalue weighted by molar-refractivity contribution is 5.76. The fourth-order valence-electron chi connectivity index (χ4n) is 2.88. The van der Waals surface area contributed by atoms with E-state index in [0.29, 0.717) is 18.6 Å². The Morgan fingerprint density at radius 1 is 1.40 bits per heavy atom. The van der Waals surface area contributed by atoms with E-state index >= 15 is 0 Å². The number of rotatable bonds is 5. The summed E-state index contributed by atoms with van der Waals surface area (Å²) in [4.78, 5) is 14.4. The van der Waals surface area contributed by atoms with Gasteiger partial charge in [0.05, 0.1) is 11.9 Å². The molecule has 2 atom stereocenters. The van der Waals surface area contributed by atoms with Gasteiger partial charge in [0, 0.05) is 18.6 Å². The smallest absolute Gasteiger partial charge is 0.244 e. The van der Waals surface area contributed by atoms with E-state index in [0.717, 1.165) is 25.1 Å². The van der Waals surface area contributed by atoms with Gasteiger partial charge >= 0.3 is 0 Å². The fourth-order valence-corrected chi connectivity index (χ4v) is 2.88. The third-order valence-electron chi connectivity index (χ3n) is 3.92. The van der Waals surface area contributed by atoms with Crippen molar-refractivity contribution in [3.63, 3.8) is 0 Å². The van der Waals surface area contributed by atoms with Crippen LogP contribution in [0.3, 0.4) is 0 Å². The van der Waals surface area contributed by atoms with E-state index in [2.05, 4.69) is 29.5 Å². The molecule has 112 valence electrons. The maximum atomic E-state index is 12.4. The van der Waals surface area contributed by atoms with Gasteiger partial charge in [-0.1, -0.05) is 12.1 Å². The van der Waals surface area contributed by atoms with Crippen LogP contribution in [-0.2, 0) is 17.9 Å². The second-order valence-corrected chi connectivity index (χ2v) is 5.62. The van der Waals surface area contributed by atoms with Crippen molar-refractivity contribution in [1.82, 2.24) is 25.2 Å². The Kier molecular flexibility index (Phi) is 5.11. The van der Waals surface area contributed by atoms with Gasteiger partial charge in [-0.25, -0.2) is 4.68 Å². The van der Waals surface area contributed by atoms with Crippen molar-refractivity contribution >= 4 is 5.91 Å². The molecule has 1 aromatic rings. The van der Waals surface area contributed by atoms with Crippen LogP contribution in [0, 0.1) is 0 Å². The highest BCUT2D eigenvalue weighted by Gasteiger charge is 2.28. The number of hydrogen-bond acceptors (Lipinski definition) is 4. The molecule has 0 spiro atoms. The summed E-state index contributed by atoms with van der Waals surface area (Å²) < 4.78 is 1.64. The van der Waals surface area contributed by atoms with Crippen molar-refractivity contribution in [3.8, 4) is 0 Å². The van der Waals surface area contributed by atoms with E-state index in [1.807, 2.05) is 18.0 Å². The van der Waals surface area contributed by atoms with Crippen molar-refractivity contribution in [2.75, 3.05) is 6.54 Å². The van der Waals surface area contributed by atoms with Crippen molar-refractivity contribution in [3.05, 3.63) is 11.9 Å². The molecule has 6 nitrogen and oxygen atoms in total. The van der Waals surface area contributed by atoms with Gasteiger partial charge in [-0.15, -0.1) is 5.10 Å². The van der Waals surface area contributed by atoms with Crippen LogP contribution in [-0.4, -0.2) is 44.4 Å². The van der Waals surface area contributed by atoms with Crippen LogP contribution in [0.4, 0.5) is 0 Å². The third kappa shape index (κ3) is 3.56. The molecule has 1 aliphatic heterocycles. The second-order valence-electron chi connectivity index (χ2n) is 5.62. The second kappa shape index (κ2) is 6.83. The predicted octanol–water partition coefficient (Wildman–Crippen LogP) is 1.18. The number of aromatic nitrogens is 3. The molecule has 2 heterocycles. The summed E-state index contributed by atoms with van der Waals surface area (Å²) in [6, 6.07) is 0.659. The molecule has 1 N–H and O–H groups in total. The summed E-state index contributed by atoms with van der Waals surface area (Å²) in [6.45, 7) is 8.19. The summed E-state index contributed by atoms with van der Waals surface area (Å²) in [5.41, 5.74) is 0.874. The van der Waals surface area contributed by atoms with Gasteiger partial charge in [0.15, 0.2) is 0 Å². The van der Waals surface area contributed by atoms with Crippen molar-refractivity contribution < 1.29 is 4.79 Å². The SMILES string of the molecule is CCNCc1cn(CC(=O)N2C(C)CCCC2C)nn1. The van der Waals surface area contributed by atoms with E-state index in [4.69, 9.17) is 0 Å². The van der Waals surface area contributed by atoms with Gasteiger partial charge in [-0.05, 0) is 39.7 Å². The van der Waals surface area contributed by atoms with Crippen LogP contribution in [0.25, 0.3) is 0 Å². The molecular formula is C14H25N5O. The molecule has 1 amide bonds. The Labute approximate surface area is 120 Å². The largest absolute Gasteiger partial charge is 0.336 e. The quantitative estimate of drug-likeness (QED) is 0.879. The van der Waals surface area contributed by atoms with Crippen LogP contribution in [0.1, 0.15) is 45.7 Å². The minimum absolute atomic E-state index is 0.143. The zero-order valence-corrected chi connectivity index (χ0v) is 12.7. The standard InChI is InChI=1S/C14H25N5O/c1-4-15-8-13-9-18(17-16-13)10-14(20)19-11(2)6-5-7-12(19)3/h9,11-12,15H,4-8,10H2,1-3H3. The number of amides is 1. The van der Waals surface area contributed by atoms with Crippen LogP contribution in [0.15, 0.2) is 6.20 Å². The Bertz CT molecular complexity index is 435. The number of nitrogens with one attached hydrogen (secondary N) is 1. The van der Waals surface area contributed by atoms with Crippen LogP contribution in [0.5, 0.6) is 0 Å². The molecule has 20 heavy (non-hydrogen) atoms. The normalized spacial score (nSPS) is 23.1. The van der Waals surface area contributed by atoms with Crippen LogP contribution in [0.2, 0.25) is 0 Å². The van der Waals surface area contributed by atoms with E-state index in [1.54, 1.807) is 4.68 Å².